The molecule has 0 aliphatic rings. The van der Waals surface area contributed by atoms with Crippen molar-refractivity contribution in [3.63, 3.8) is 0 Å². The van der Waals surface area contributed by atoms with Crippen LogP contribution in [0.1, 0.15) is 33.1 Å². The number of carbonyl (C=O) groups excluding carboxylic acids is 2. The average Bonchev–Trinajstić information content (AvgIpc) is 2.24. The van der Waals surface area contributed by atoms with Crippen LogP contribution < -0.4 is 5.32 Å². The molecule has 0 aromatic heterocycles. The predicted octanol–water partition coefficient (Wildman–Crippen LogP) is 1.49. The number of hydrogen-bond acceptors (Lipinski definition) is 4. The van der Waals surface area contributed by atoms with Gasteiger partial charge in [-0.25, -0.2) is 0 Å². The van der Waals surface area contributed by atoms with Crippen molar-refractivity contribution >= 4 is 22.8 Å². The van der Waals surface area contributed by atoms with Gasteiger partial charge in [0.2, 0.25) is 5.91 Å². The van der Waals surface area contributed by atoms with Crippen LogP contribution in [0.25, 0.3) is 0 Å². The van der Waals surface area contributed by atoms with Gasteiger partial charge in [-0.1, -0.05) is 37.3 Å². The zero-order valence-electron chi connectivity index (χ0n) is 10.4. The van der Waals surface area contributed by atoms with Crippen molar-refractivity contribution in [3.05, 3.63) is 12.2 Å². The topological polar surface area (TPSA) is 66.4 Å². The van der Waals surface area contributed by atoms with E-state index in [4.69, 9.17) is 0 Å². The fourth-order valence-corrected chi connectivity index (χ4v) is 1.83. The van der Waals surface area contributed by atoms with E-state index in [0.717, 1.165) is 24.6 Å². The smallest absolute Gasteiger partial charge is 0.216 e. The third kappa shape index (κ3) is 11.5. The van der Waals surface area contributed by atoms with E-state index in [1.54, 1.807) is 6.08 Å². The molecular weight excluding hydrogens is 238 g/mol. The first-order chi connectivity index (χ1) is 8.06. The number of carbonyl (C=O) groups is 2. The molecule has 0 aliphatic carbocycles. The summed E-state index contributed by atoms with van der Waals surface area (Å²) in [5.41, 5.74) is 0. The first kappa shape index (κ1) is 16.2. The van der Waals surface area contributed by atoms with Crippen molar-refractivity contribution < 1.29 is 14.7 Å². The Balaban J connectivity index is 3.60. The highest BCUT2D eigenvalue weighted by molar-refractivity contribution is 8.13. The van der Waals surface area contributed by atoms with E-state index >= 15 is 0 Å². The van der Waals surface area contributed by atoms with Gasteiger partial charge in [-0.05, 0) is 6.42 Å². The van der Waals surface area contributed by atoms with Crippen molar-refractivity contribution in [1.82, 2.24) is 5.32 Å². The van der Waals surface area contributed by atoms with Gasteiger partial charge < -0.3 is 10.4 Å². The van der Waals surface area contributed by atoms with Gasteiger partial charge in [0.05, 0.1) is 6.10 Å². The highest BCUT2D eigenvalue weighted by atomic mass is 32.2. The Morgan fingerprint density at radius 1 is 1.47 bits per heavy atom. The summed E-state index contributed by atoms with van der Waals surface area (Å²) in [6, 6.07) is 0. The molecule has 0 aliphatic heterocycles. The lowest BCUT2D eigenvalue weighted by Crippen LogP contribution is -2.23. The molecule has 0 radical (unpaired) electrons. The fraction of sp³-hybridized carbons (Fsp3) is 0.667. The van der Waals surface area contributed by atoms with Crippen molar-refractivity contribution in [2.75, 3.05) is 12.3 Å². The molecule has 17 heavy (non-hydrogen) atoms. The minimum atomic E-state index is -0.692. The monoisotopic (exact) mass is 259 g/mol. The second-order valence-electron chi connectivity index (χ2n) is 3.69. The number of amides is 1. The van der Waals surface area contributed by atoms with Gasteiger partial charge in [0.1, 0.15) is 0 Å². The number of rotatable bonds is 8. The van der Waals surface area contributed by atoms with Crippen LogP contribution in [0.4, 0.5) is 0 Å². The largest absolute Gasteiger partial charge is 0.389 e. The summed E-state index contributed by atoms with van der Waals surface area (Å²) >= 11 is 1.14. The maximum atomic E-state index is 11.4. The number of aliphatic hydroxyl groups excluding tert-OH is 1. The Bertz CT molecular complexity index is 266. The fourth-order valence-electron chi connectivity index (χ4n) is 1.11. The SMILES string of the molecule is CCC/C=C/[C@H](O)CC(=O)SCCNC(C)=O. The molecule has 0 rings (SSSR count). The van der Waals surface area contributed by atoms with Gasteiger partial charge in [0.25, 0.3) is 0 Å². The maximum Gasteiger partial charge on any atom is 0.216 e. The van der Waals surface area contributed by atoms with Crippen LogP contribution >= 0.6 is 11.8 Å². The summed E-state index contributed by atoms with van der Waals surface area (Å²) in [4.78, 5) is 21.9. The number of aliphatic hydroxyl groups is 1. The van der Waals surface area contributed by atoms with Crippen LogP contribution in [-0.4, -0.2) is 34.5 Å². The van der Waals surface area contributed by atoms with E-state index in [0.29, 0.717) is 12.3 Å². The Morgan fingerprint density at radius 2 is 2.18 bits per heavy atom. The Hall–Kier alpha value is -0.810. The molecule has 98 valence electrons. The first-order valence-corrected chi connectivity index (χ1v) is 6.79. The lowest BCUT2D eigenvalue weighted by molar-refractivity contribution is -0.119. The first-order valence-electron chi connectivity index (χ1n) is 5.81. The molecule has 0 bridgehead atoms. The molecule has 0 fully saturated rings. The number of thioether (sulfide) groups is 1. The van der Waals surface area contributed by atoms with Crippen molar-refractivity contribution in [2.24, 2.45) is 0 Å². The van der Waals surface area contributed by atoms with Crippen molar-refractivity contribution in [3.8, 4) is 0 Å². The molecular formula is C12H21NO3S. The molecule has 0 aromatic rings. The van der Waals surface area contributed by atoms with Crippen LogP contribution in [0.15, 0.2) is 12.2 Å². The van der Waals surface area contributed by atoms with Crippen LogP contribution in [0, 0.1) is 0 Å². The summed E-state index contributed by atoms with van der Waals surface area (Å²) in [5, 5.41) is 12.1. The quantitative estimate of drug-likeness (QED) is 0.512. The van der Waals surface area contributed by atoms with Crippen molar-refractivity contribution in [1.29, 1.82) is 0 Å². The van der Waals surface area contributed by atoms with Gasteiger partial charge in [0, 0.05) is 25.6 Å². The molecule has 5 heteroatoms. The van der Waals surface area contributed by atoms with Gasteiger partial charge in [0.15, 0.2) is 5.12 Å². The Labute approximate surface area is 107 Å². The summed E-state index contributed by atoms with van der Waals surface area (Å²) in [5.74, 6) is 0.449. The van der Waals surface area contributed by atoms with Crippen LogP contribution in [0.3, 0.4) is 0 Å². The molecule has 0 saturated carbocycles. The van der Waals surface area contributed by atoms with E-state index in [2.05, 4.69) is 12.2 Å². The highest BCUT2D eigenvalue weighted by Crippen LogP contribution is 2.08. The number of allylic oxidation sites excluding steroid dienone is 1. The lowest BCUT2D eigenvalue weighted by atomic mass is 10.2. The standard InChI is InChI=1S/C12H21NO3S/c1-3-4-5-6-11(15)9-12(16)17-8-7-13-10(2)14/h5-6,11,15H,3-4,7-9H2,1-2H3,(H,13,14)/b6-5+/t11-/m0/s1. The van der Waals surface area contributed by atoms with E-state index in [-0.39, 0.29) is 17.4 Å². The zero-order valence-corrected chi connectivity index (χ0v) is 11.3. The molecule has 1 atom stereocenters. The lowest BCUT2D eigenvalue weighted by Gasteiger charge is -2.04. The second kappa shape index (κ2) is 10.4. The van der Waals surface area contributed by atoms with Crippen molar-refractivity contribution in [2.45, 2.75) is 39.2 Å². The van der Waals surface area contributed by atoms with Gasteiger partial charge in [-0.3, -0.25) is 9.59 Å². The highest BCUT2D eigenvalue weighted by Gasteiger charge is 2.08. The van der Waals surface area contributed by atoms with E-state index in [1.165, 1.54) is 6.92 Å². The number of hydrogen-bond donors (Lipinski definition) is 2. The molecule has 0 heterocycles. The third-order valence-corrected chi connectivity index (χ3v) is 2.83. The summed E-state index contributed by atoms with van der Waals surface area (Å²) < 4.78 is 0. The van der Waals surface area contributed by atoms with Crippen LogP contribution in [-0.2, 0) is 9.59 Å². The van der Waals surface area contributed by atoms with Gasteiger partial charge in [-0.2, -0.15) is 0 Å². The Kier molecular flexibility index (Phi) is 9.86. The average molecular weight is 259 g/mol. The second-order valence-corrected chi connectivity index (χ2v) is 4.84. The minimum Gasteiger partial charge on any atom is -0.389 e. The van der Waals surface area contributed by atoms with Gasteiger partial charge in [-0.15, -0.1) is 0 Å². The molecule has 0 unspecified atom stereocenters. The normalized spacial score (nSPS) is 12.6. The molecule has 0 saturated heterocycles. The number of unbranched alkanes of at least 4 members (excludes halogenated alkanes) is 1. The predicted molar refractivity (Wildman–Crippen MR) is 70.8 cm³/mol. The Morgan fingerprint density at radius 3 is 2.76 bits per heavy atom. The minimum absolute atomic E-state index is 0.0519. The summed E-state index contributed by atoms with van der Waals surface area (Å²) in [6.45, 7) is 3.97. The van der Waals surface area contributed by atoms with Gasteiger partial charge >= 0.3 is 0 Å². The summed E-state index contributed by atoms with van der Waals surface area (Å²) in [7, 11) is 0. The number of nitrogens with one attached hydrogen (secondary N) is 1. The molecule has 0 aromatic carbocycles. The molecule has 1 amide bonds. The summed E-state index contributed by atoms with van der Waals surface area (Å²) in [6.07, 6.45) is 4.94. The third-order valence-electron chi connectivity index (χ3n) is 1.93. The molecule has 2 N–H and O–H groups in total. The van der Waals surface area contributed by atoms with E-state index in [9.17, 15) is 14.7 Å². The van der Waals surface area contributed by atoms with E-state index in [1.807, 2.05) is 6.08 Å². The molecule has 0 spiro atoms. The van der Waals surface area contributed by atoms with Crippen LogP contribution in [0.5, 0.6) is 0 Å². The van der Waals surface area contributed by atoms with Crippen LogP contribution in [0.2, 0.25) is 0 Å². The maximum absolute atomic E-state index is 11.4. The zero-order chi connectivity index (χ0) is 13.1. The molecule has 4 nitrogen and oxygen atoms in total. The van der Waals surface area contributed by atoms with E-state index < -0.39 is 6.10 Å².